The first-order chi connectivity index (χ1) is 17.4. The third-order valence-corrected chi connectivity index (χ3v) is 5.95. The number of amides is 2. The second kappa shape index (κ2) is 11.3. The summed E-state index contributed by atoms with van der Waals surface area (Å²) in [5.41, 5.74) is 9.16. The van der Waals surface area contributed by atoms with Gasteiger partial charge in [-0.3, -0.25) is 9.59 Å². The van der Waals surface area contributed by atoms with Gasteiger partial charge in [-0.05, 0) is 23.6 Å². The fraction of sp³-hybridized carbons (Fsp3) is 0.231. The van der Waals surface area contributed by atoms with Crippen molar-refractivity contribution in [3.8, 4) is 0 Å². The van der Waals surface area contributed by atoms with Gasteiger partial charge in [0.15, 0.2) is 0 Å². The number of aromatic nitrogens is 3. The van der Waals surface area contributed by atoms with Crippen LogP contribution in [0.3, 0.4) is 0 Å². The molecule has 7 N–H and O–H groups in total. The number of nitrogens with zero attached hydrogens (tertiary/aromatic N) is 1. The zero-order valence-corrected chi connectivity index (χ0v) is 19.5. The van der Waals surface area contributed by atoms with Crippen molar-refractivity contribution in [3.05, 3.63) is 90.1 Å². The van der Waals surface area contributed by atoms with Gasteiger partial charge in [0.05, 0.1) is 18.1 Å². The lowest BCUT2D eigenvalue weighted by Crippen LogP contribution is -2.56. The Bertz CT molecular complexity index is 1320. The third kappa shape index (κ3) is 6.16. The molecule has 0 fully saturated rings. The molecule has 0 aliphatic heterocycles. The number of aliphatic carboxylic acids is 1. The lowest BCUT2D eigenvalue weighted by molar-refractivity contribution is -0.142. The number of H-pyrrole nitrogens is 2. The molecule has 4 aromatic rings. The molecule has 0 aliphatic carbocycles. The Morgan fingerprint density at radius 1 is 0.889 bits per heavy atom. The summed E-state index contributed by atoms with van der Waals surface area (Å²) in [7, 11) is 0. The number of benzene rings is 2. The first kappa shape index (κ1) is 24.7. The van der Waals surface area contributed by atoms with Crippen LogP contribution in [0.5, 0.6) is 0 Å². The van der Waals surface area contributed by atoms with E-state index in [2.05, 4.69) is 25.6 Å². The Morgan fingerprint density at radius 2 is 1.61 bits per heavy atom. The van der Waals surface area contributed by atoms with E-state index in [-0.39, 0.29) is 12.8 Å². The highest BCUT2D eigenvalue weighted by Gasteiger charge is 2.29. The molecule has 36 heavy (non-hydrogen) atoms. The molecule has 2 aromatic heterocycles. The highest BCUT2D eigenvalue weighted by Crippen LogP contribution is 2.19. The molecule has 2 amide bonds. The Morgan fingerprint density at radius 3 is 2.33 bits per heavy atom. The van der Waals surface area contributed by atoms with Gasteiger partial charge in [-0.25, -0.2) is 9.78 Å². The predicted octanol–water partition coefficient (Wildman–Crippen LogP) is 1.30. The van der Waals surface area contributed by atoms with E-state index in [1.807, 2.05) is 54.6 Å². The van der Waals surface area contributed by atoms with E-state index in [4.69, 9.17) is 5.73 Å². The van der Waals surface area contributed by atoms with Crippen LogP contribution in [0.4, 0.5) is 0 Å². The summed E-state index contributed by atoms with van der Waals surface area (Å²) in [6, 6.07) is 13.7. The van der Waals surface area contributed by atoms with Gasteiger partial charge in [0.1, 0.15) is 12.1 Å². The van der Waals surface area contributed by atoms with Crippen molar-refractivity contribution in [1.29, 1.82) is 0 Å². The summed E-state index contributed by atoms with van der Waals surface area (Å²) < 4.78 is 0. The van der Waals surface area contributed by atoms with Gasteiger partial charge in [-0.15, -0.1) is 0 Å². The molecule has 10 nitrogen and oxygen atoms in total. The van der Waals surface area contributed by atoms with Crippen molar-refractivity contribution < 1.29 is 19.5 Å². The van der Waals surface area contributed by atoms with E-state index >= 15 is 0 Å². The van der Waals surface area contributed by atoms with Gasteiger partial charge in [0.25, 0.3) is 0 Å². The normalized spacial score (nSPS) is 13.6. The minimum absolute atomic E-state index is 0.0680. The molecular weight excluding hydrogens is 460 g/mol. The van der Waals surface area contributed by atoms with Crippen LogP contribution < -0.4 is 16.4 Å². The largest absolute Gasteiger partial charge is 0.480 e. The summed E-state index contributed by atoms with van der Waals surface area (Å²) in [4.78, 5) is 48.1. The molecule has 0 saturated carbocycles. The molecule has 0 aliphatic rings. The van der Waals surface area contributed by atoms with Crippen LogP contribution in [-0.2, 0) is 33.6 Å². The van der Waals surface area contributed by atoms with E-state index in [0.29, 0.717) is 12.1 Å². The van der Waals surface area contributed by atoms with Crippen molar-refractivity contribution >= 4 is 28.7 Å². The smallest absolute Gasteiger partial charge is 0.326 e. The topological polar surface area (TPSA) is 166 Å². The number of fused-ring (bicyclic) bond motifs is 1. The lowest BCUT2D eigenvalue weighted by atomic mass is 10.0. The van der Waals surface area contributed by atoms with Crippen molar-refractivity contribution in [1.82, 2.24) is 25.6 Å². The Labute approximate surface area is 207 Å². The molecule has 10 heteroatoms. The number of nitrogens with one attached hydrogen (secondary N) is 4. The van der Waals surface area contributed by atoms with Crippen LogP contribution in [0.15, 0.2) is 73.3 Å². The van der Waals surface area contributed by atoms with Gasteiger partial charge < -0.3 is 31.4 Å². The van der Waals surface area contributed by atoms with E-state index in [0.717, 1.165) is 22.0 Å². The van der Waals surface area contributed by atoms with Crippen molar-refractivity contribution in [2.45, 2.75) is 37.4 Å². The number of para-hydroxylation sites is 1. The summed E-state index contributed by atoms with van der Waals surface area (Å²) in [6.07, 6.45) is 5.24. The number of rotatable bonds is 11. The molecular formula is C26H28N6O4. The number of aromatic amines is 2. The first-order valence-corrected chi connectivity index (χ1v) is 11.6. The fourth-order valence-electron chi connectivity index (χ4n) is 4.05. The second-order valence-electron chi connectivity index (χ2n) is 8.59. The Balaban J connectivity index is 1.47. The summed E-state index contributed by atoms with van der Waals surface area (Å²) >= 11 is 0. The highest BCUT2D eigenvalue weighted by molar-refractivity contribution is 5.92. The van der Waals surface area contributed by atoms with Crippen molar-refractivity contribution in [2.75, 3.05) is 0 Å². The van der Waals surface area contributed by atoms with E-state index in [1.54, 1.807) is 12.4 Å². The molecule has 2 aromatic carbocycles. The molecule has 0 bridgehead atoms. The SMILES string of the molecule is N[C@@H](Cc1ccccc1)C(=O)N[C@@H](Cc1c[nH]cn1)C(=O)N[C@@H](Cc1c[nH]c2ccccc12)C(=O)O. The molecule has 0 radical (unpaired) electrons. The van der Waals surface area contributed by atoms with Crippen LogP contribution in [-0.4, -0.2) is 56.0 Å². The summed E-state index contributed by atoms with van der Waals surface area (Å²) in [5.74, 6) is -2.33. The van der Waals surface area contributed by atoms with Crippen LogP contribution >= 0.6 is 0 Å². The average molecular weight is 489 g/mol. The monoisotopic (exact) mass is 488 g/mol. The molecule has 4 rings (SSSR count). The van der Waals surface area contributed by atoms with Gasteiger partial charge in [0.2, 0.25) is 11.8 Å². The molecule has 0 unspecified atom stereocenters. The zero-order chi connectivity index (χ0) is 25.5. The number of hydrogen-bond donors (Lipinski definition) is 6. The van der Waals surface area contributed by atoms with Gasteiger partial charge >= 0.3 is 5.97 Å². The molecule has 2 heterocycles. The van der Waals surface area contributed by atoms with Gasteiger partial charge in [-0.1, -0.05) is 48.5 Å². The first-order valence-electron chi connectivity index (χ1n) is 11.6. The number of carbonyl (C=O) groups excluding carboxylic acids is 2. The maximum Gasteiger partial charge on any atom is 0.326 e. The summed E-state index contributed by atoms with van der Waals surface area (Å²) in [5, 5.41) is 16.0. The minimum atomic E-state index is -1.20. The fourth-order valence-corrected chi connectivity index (χ4v) is 4.05. The number of carboxylic acids is 1. The van der Waals surface area contributed by atoms with Crippen LogP contribution in [0.25, 0.3) is 10.9 Å². The lowest BCUT2D eigenvalue weighted by Gasteiger charge is -2.22. The standard InChI is InChI=1S/C26H28N6O4/c27-20(10-16-6-2-1-3-7-16)24(33)31-22(12-18-14-28-15-30-18)25(34)32-23(26(35)36)11-17-13-29-21-9-5-4-8-19(17)21/h1-9,13-15,20,22-23,29H,10-12,27H2,(H,28,30)(H,31,33)(H,32,34)(H,35,36)/t20-,22-,23-/m0/s1. The zero-order valence-electron chi connectivity index (χ0n) is 19.5. The molecule has 3 atom stereocenters. The third-order valence-electron chi connectivity index (χ3n) is 5.95. The Hall–Kier alpha value is -4.44. The molecule has 0 spiro atoms. The van der Waals surface area contributed by atoms with Gasteiger partial charge in [0, 0.05) is 36.1 Å². The summed E-state index contributed by atoms with van der Waals surface area (Å²) in [6.45, 7) is 0. The molecule has 186 valence electrons. The van der Waals surface area contributed by atoms with E-state index in [1.165, 1.54) is 6.33 Å². The van der Waals surface area contributed by atoms with Crippen LogP contribution in [0.1, 0.15) is 16.8 Å². The van der Waals surface area contributed by atoms with Crippen molar-refractivity contribution in [3.63, 3.8) is 0 Å². The van der Waals surface area contributed by atoms with E-state index in [9.17, 15) is 19.5 Å². The quantitative estimate of drug-likeness (QED) is 0.186. The average Bonchev–Trinajstić information content (AvgIpc) is 3.54. The van der Waals surface area contributed by atoms with E-state index < -0.39 is 35.9 Å². The second-order valence-corrected chi connectivity index (χ2v) is 8.59. The number of imidazole rings is 1. The van der Waals surface area contributed by atoms with Crippen LogP contribution in [0, 0.1) is 0 Å². The Kier molecular flexibility index (Phi) is 7.76. The number of hydrogen-bond acceptors (Lipinski definition) is 5. The highest BCUT2D eigenvalue weighted by atomic mass is 16.4. The molecule has 0 saturated heterocycles. The number of carbonyl (C=O) groups is 3. The number of nitrogens with two attached hydrogens (primary N) is 1. The van der Waals surface area contributed by atoms with Crippen molar-refractivity contribution in [2.24, 2.45) is 5.73 Å². The maximum absolute atomic E-state index is 13.2. The number of carboxylic acid groups (broad SMARTS) is 1. The minimum Gasteiger partial charge on any atom is -0.480 e. The maximum atomic E-state index is 13.2. The van der Waals surface area contributed by atoms with Crippen LogP contribution in [0.2, 0.25) is 0 Å². The predicted molar refractivity (Wildman–Crippen MR) is 134 cm³/mol. The van der Waals surface area contributed by atoms with Gasteiger partial charge in [-0.2, -0.15) is 0 Å².